The molecule has 0 rings (SSSR count). The van der Waals surface area contributed by atoms with Gasteiger partial charge in [0.1, 0.15) is 0 Å². The smallest absolute Gasteiger partial charge is 0.0701 e. The van der Waals surface area contributed by atoms with Crippen LogP contribution in [0.4, 0.5) is 0 Å². The van der Waals surface area contributed by atoms with E-state index in [0.717, 1.165) is 32.6 Å². The molecule has 0 saturated heterocycles. The fourth-order valence-corrected chi connectivity index (χ4v) is 2.79. The van der Waals surface area contributed by atoms with Crippen molar-refractivity contribution in [2.75, 3.05) is 166 Å². The van der Waals surface area contributed by atoms with Crippen LogP contribution in [-0.4, -0.2) is 171 Å². The highest BCUT2D eigenvalue weighted by molar-refractivity contribution is 4.41. The summed E-state index contributed by atoms with van der Waals surface area (Å²) >= 11 is 0. The van der Waals surface area contributed by atoms with Gasteiger partial charge in [-0.25, -0.2) is 0 Å². The zero-order chi connectivity index (χ0) is 29.0. The van der Waals surface area contributed by atoms with Crippen molar-refractivity contribution >= 4 is 0 Å². The molecule has 0 aliphatic heterocycles. The van der Waals surface area contributed by atoms with Crippen LogP contribution in [-0.2, 0) is 52.1 Å². The van der Waals surface area contributed by atoms with Gasteiger partial charge in [0.15, 0.2) is 0 Å². The van der Waals surface area contributed by atoms with Gasteiger partial charge in [0.05, 0.1) is 139 Å². The van der Waals surface area contributed by atoms with Gasteiger partial charge in [-0.05, 0) is 20.5 Å². The van der Waals surface area contributed by atoms with Gasteiger partial charge in [0.2, 0.25) is 0 Å². The molecule has 0 heterocycles. The molecular weight excluding hydrogens is 526 g/mol. The molecule has 0 aromatic carbocycles. The Morgan fingerprint density at radius 2 is 0.500 bits per heavy atom. The van der Waals surface area contributed by atoms with Crippen molar-refractivity contribution in [2.24, 2.45) is 0 Å². The second-order valence-corrected chi connectivity index (χ2v) is 8.89. The van der Waals surface area contributed by atoms with E-state index in [4.69, 9.17) is 52.1 Å². The van der Waals surface area contributed by atoms with E-state index in [0.29, 0.717) is 132 Å². The third-order valence-corrected chi connectivity index (χ3v) is 5.05. The minimum Gasteiger partial charge on any atom is -0.379 e. The highest BCUT2D eigenvalue weighted by atomic mass is 16.6. The quantitative estimate of drug-likeness (QED) is 0.0996. The van der Waals surface area contributed by atoms with Gasteiger partial charge in [-0.2, -0.15) is 0 Å². The number of hydrogen-bond acceptors (Lipinski definition) is 12. The molecule has 0 aliphatic rings. The first kappa shape index (κ1) is 39.5. The van der Waals surface area contributed by atoms with E-state index in [1.165, 1.54) is 0 Å². The van der Waals surface area contributed by atoms with Gasteiger partial charge in [-0.1, -0.05) is 13.3 Å². The largest absolute Gasteiger partial charge is 0.379 e. The van der Waals surface area contributed by atoms with Gasteiger partial charge in [0, 0.05) is 13.2 Å². The summed E-state index contributed by atoms with van der Waals surface area (Å²) < 4.78 is 60.0. The maximum Gasteiger partial charge on any atom is 0.0701 e. The number of ether oxygens (including phenoxy) is 11. The third kappa shape index (κ3) is 37.5. The molecule has 0 bridgehead atoms. The summed E-state index contributed by atoms with van der Waals surface area (Å²) in [7, 11) is 4.04. The maximum absolute atomic E-state index is 5.47. The van der Waals surface area contributed by atoms with Crippen LogP contribution in [0.5, 0.6) is 0 Å². The lowest BCUT2D eigenvalue weighted by molar-refractivity contribution is -0.0276. The molecule has 12 heteroatoms. The van der Waals surface area contributed by atoms with Gasteiger partial charge in [0.25, 0.3) is 0 Å². The van der Waals surface area contributed by atoms with Crippen LogP contribution in [0, 0.1) is 0 Å². The van der Waals surface area contributed by atoms with E-state index in [1.807, 2.05) is 14.1 Å². The molecule has 0 aliphatic carbocycles. The Hall–Kier alpha value is -0.480. The number of unbranched alkanes of at least 4 members (excludes halogenated alkanes) is 1. The highest BCUT2D eigenvalue weighted by Gasteiger charge is 1.96. The van der Waals surface area contributed by atoms with E-state index in [9.17, 15) is 0 Å². The first-order chi connectivity index (χ1) is 19.8. The fourth-order valence-electron chi connectivity index (χ4n) is 2.79. The standard InChI is InChI=1S/C28H59NO11/c1-4-5-7-30-9-11-32-13-15-34-17-19-36-21-23-38-25-27-40-28-26-39-24-22-37-20-18-35-16-14-33-12-10-31-8-6-29(2)3/h4-28H2,1-3H3. The average Bonchev–Trinajstić information content (AvgIpc) is 2.95. The maximum atomic E-state index is 5.47. The van der Waals surface area contributed by atoms with Gasteiger partial charge in [-0.3, -0.25) is 0 Å². The Morgan fingerprint density at radius 1 is 0.300 bits per heavy atom. The zero-order valence-electron chi connectivity index (χ0n) is 25.6. The predicted molar refractivity (Wildman–Crippen MR) is 152 cm³/mol. The minimum absolute atomic E-state index is 0.524. The van der Waals surface area contributed by atoms with Crippen molar-refractivity contribution in [1.82, 2.24) is 4.90 Å². The molecule has 0 radical (unpaired) electrons. The second-order valence-electron chi connectivity index (χ2n) is 8.89. The van der Waals surface area contributed by atoms with E-state index >= 15 is 0 Å². The van der Waals surface area contributed by atoms with Crippen LogP contribution >= 0.6 is 0 Å². The van der Waals surface area contributed by atoms with Crippen molar-refractivity contribution < 1.29 is 52.1 Å². The van der Waals surface area contributed by atoms with Crippen molar-refractivity contribution in [3.05, 3.63) is 0 Å². The Kier molecular flexibility index (Phi) is 36.1. The Balaban J connectivity index is 3.02. The lowest BCUT2D eigenvalue weighted by Crippen LogP contribution is -2.19. The van der Waals surface area contributed by atoms with E-state index < -0.39 is 0 Å². The summed E-state index contributed by atoms with van der Waals surface area (Å²) in [5, 5.41) is 0. The molecule has 0 amide bonds. The van der Waals surface area contributed by atoms with Crippen LogP contribution in [0.25, 0.3) is 0 Å². The SMILES string of the molecule is CCCCOCCOCCOCCOCCOCCOCCOCCOCCOCCOCCOCCN(C)C. The fraction of sp³-hybridized carbons (Fsp3) is 1.00. The van der Waals surface area contributed by atoms with Gasteiger partial charge < -0.3 is 57.0 Å². The summed E-state index contributed by atoms with van der Waals surface area (Å²) in [5.74, 6) is 0. The Morgan fingerprint density at radius 3 is 0.700 bits per heavy atom. The van der Waals surface area contributed by atoms with Crippen LogP contribution in [0.1, 0.15) is 19.8 Å². The molecule has 0 saturated carbocycles. The minimum atomic E-state index is 0.524. The average molecular weight is 586 g/mol. The van der Waals surface area contributed by atoms with Crippen LogP contribution in [0.2, 0.25) is 0 Å². The summed E-state index contributed by atoms with van der Waals surface area (Å²) in [6.45, 7) is 15.6. The number of rotatable bonds is 36. The molecule has 12 nitrogen and oxygen atoms in total. The van der Waals surface area contributed by atoms with Crippen LogP contribution < -0.4 is 0 Å². The first-order valence-corrected chi connectivity index (χ1v) is 14.8. The van der Waals surface area contributed by atoms with E-state index in [2.05, 4.69) is 11.8 Å². The lowest BCUT2D eigenvalue weighted by Gasteiger charge is -2.10. The lowest BCUT2D eigenvalue weighted by atomic mass is 10.4. The van der Waals surface area contributed by atoms with E-state index in [1.54, 1.807) is 0 Å². The second kappa shape index (κ2) is 36.5. The van der Waals surface area contributed by atoms with Crippen LogP contribution in [0.15, 0.2) is 0 Å². The molecule has 40 heavy (non-hydrogen) atoms. The van der Waals surface area contributed by atoms with Crippen molar-refractivity contribution in [1.29, 1.82) is 0 Å². The summed E-state index contributed by atoms with van der Waals surface area (Å²) in [5.41, 5.74) is 0. The number of likely N-dealkylation sites (N-methyl/N-ethyl adjacent to an activating group) is 1. The number of nitrogens with zero attached hydrogens (tertiary/aromatic N) is 1. The molecule has 0 atom stereocenters. The Labute approximate surface area is 243 Å². The molecule has 0 aromatic heterocycles. The molecule has 0 aromatic rings. The first-order valence-electron chi connectivity index (χ1n) is 14.8. The van der Waals surface area contributed by atoms with Crippen molar-refractivity contribution in [3.63, 3.8) is 0 Å². The van der Waals surface area contributed by atoms with Crippen LogP contribution in [0.3, 0.4) is 0 Å². The zero-order valence-corrected chi connectivity index (χ0v) is 25.6. The normalized spacial score (nSPS) is 11.7. The molecule has 0 fully saturated rings. The highest BCUT2D eigenvalue weighted by Crippen LogP contribution is 1.89. The Bertz CT molecular complexity index is 450. The molecular formula is C28H59NO11. The summed E-state index contributed by atoms with van der Waals surface area (Å²) in [6.07, 6.45) is 2.25. The molecule has 0 N–H and O–H groups in total. The third-order valence-electron chi connectivity index (χ3n) is 5.05. The molecule has 0 spiro atoms. The molecule has 0 unspecified atom stereocenters. The summed E-state index contributed by atoms with van der Waals surface area (Å²) in [4.78, 5) is 2.08. The molecule has 242 valence electrons. The van der Waals surface area contributed by atoms with Gasteiger partial charge >= 0.3 is 0 Å². The monoisotopic (exact) mass is 585 g/mol. The summed E-state index contributed by atoms with van der Waals surface area (Å²) in [6, 6.07) is 0. The topological polar surface area (TPSA) is 105 Å². The van der Waals surface area contributed by atoms with Crippen molar-refractivity contribution in [2.45, 2.75) is 19.8 Å². The number of hydrogen-bond donors (Lipinski definition) is 0. The van der Waals surface area contributed by atoms with Gasteiger partial charge in [-0.15, -0.1) is 0 Å². The van der Waals surface area contributed by atoms with E-state index in [-0.39, 0.29) is 0 Å². The predicted octanol–water partition coefficient (Wildman–Crippen LogP) is 1.53. The van der Waals surface area contributed by atoms with Crippen molar-refractivity contribution in [3.8, 4) is 0 Å².